The maximum Gasteiger partial charge on any atom is 0.410 e. The van der Waals surface area contributed by atoms with Crippen LogP contribution in [0.3, 0.4) is 0 Å². The van der Waals surface area contributed by atoms with Crippen LogP contribution in [-0.2, 0) is 15.1 Å². The van der Waals surface area contributed by atoms with E-state index in [0.717, 1.165) is 4.47 Å². The van der Waals surface area contributed by atoms with Gasteiger partial charge < -0.3 is 19.5 Å². The van der Waals surface area contributed by atoms with E-state index in [9.17, 15) is 9.90 Å². The summed E-state index contributed by atoms with van der Waals surface area (Å²) >= 11 is 3.33. The first-order valence-corrected chi connectivity index (χ1v) is 8.37. The summed E-state index contributed by atoms with van der Waals surface area (Å²) in [4.78, 5) is 17.9. The predicted molar refractivity (Wildman–Crippen MR) is 86.9 cm³/mol. The van der Waals surface area contributed by atoms with E-state index < -0.39 is 16.8 Å². The summed E-state index contributed by atoms with van der Waals surface area (Å²) in [5.41, 5.74) is -1.53. The van der Waals surface area contributed by atoms with Crippen LogP contribution in [0.15, 0.2) is 22.8 Å². The second-order valence-corrected chi connectivity index (χ2v) is 8.29. The van der Waals surface area contributed by atoms with Crippen molar-refractivity contribution < 1.29 is 19.4 Å². The molecule has 1 spiro atoms. The largest absolute Gasteiger partial charge is 0.444 e. The van der Waals surface area contributed by atoms with Crippen molar-refractivity contribution in [2.75, 3.05) is 19.7 Å². The number of hydrogen-bond acceptors (Lipinski definition) is 5. The normalized spacial score (nSPS) is 26.2. The number of hydrogen-bond donors (Lipinski definition) is 1. The van der Waals surface area contributed by atoms with Gasteiger partial charge in [0, 0.05) is 17.1 Å². The van der Waals surface area contributed by atoms with Gasteiger partial charge in [-0.2, -0.15) is 0 Å². The minimum atomic E-state index is -1.11. The molecule has 0 aromatic carbocycles. The molecular weight excluding hydrogens is 364 g/mol. The summed E-state index contributed by atoms with van der Waals surface area (Å²) in [6, 6.07) is 3.63. The number of rotatable bonds is 1. The molecule has 3 rings (SSSR count). The van der Waals surface area contributed by atoms with E-state index in [1.54, 1.807) is 17.2 Å². The summed E-state index contributed by atoms with van der Waals surface area (Å²) in [6.45, 7) is 6.56. The zero-order chi connectivity index (χ0) is 16.9. The Morgan fingerprint density at radius 2 is 2.13 bits per heavy atom. The fourth-order valence-electron chi connectivity index (χ4n) is 3.03. The Labute approximate surface area is 143 Å². The quantitative estimate of drug-likeness (QED) is 0.804. The molecule has 0 bridgehead atoms. The molecule has 1 aromatic heterocycles. The van der Waals surface area contributed by atoms with Gasteiger partial charge in [-0.3, -0.25) is 4.98 Å². The molecule has 2 fully saturated rings. The van der Waals surface area contributed by atoms with E-state index in [4.69, 9.17) is 9.47 Å². The van der Waals surface area contributed by atoms with Gasteiger partial charge in [0.15, 0.2) is 0 Å². The van der Waals surface area contributed by atoms with Crippen molar-refractivity contribution >= 4 is 22.0 Å². The van der Waals surface area contributed by atoms with Crippen molar-refractivity contribution in [3.05, 3.63) is 28.5 Å². The number of aliphatic hydroxyl groups is 1. The Morgan fingerprint density at radius 3 is 2.70 bits per heavy atom. The van der Waals surface area contributed by atoms with E-state index in [1.807, 2.05) is 26.8 Å². The molecule has 3 heterocycles. The van der Waals surface area contributed by atoms with Gasteiger partial charge in [0.2, 0.25) is 0 Å². The molecule has 2 aliphatic heterocycles. The van der Waals surface area contributed by atoms with Crippen molar-refractivity contribution in [3.8, 4) is 0 Å². The molecule has 1 unspecified atom stereocenters. The maximum absolute atomic E-state index is 12.0. The Kier molecular flexibility index (Phi) is 3.93. The topological polar surface area (TPSA) is 71.9 Å². The van der Waals surface area contributed by atoms with Crippen LogP contribution in [0.4, 0.5) is 4.79 Å². The molecule has 2 aliphatic rings. The van der Waals surface area contributed by atoms with Crippen LogP contribution >= 0.6 is 15.9 Å². The standard InChI is InChI=1S/C16H21BrN2O4/c1-14(2,3)23-13(20)19-8-15(9-19)7-16(21,10-22-15)12-5-4-11(17)6-18-12/h4-6,21H,7-10H2,1-3H3. The SMILES string of the molecule is CC(C)(C)OC(=O)N1CC2(C1)CC(O)(c1ccc(Br)cn1)CO2. The van der Waals surface area contributed by atoms with Gasteiger partial charge in [-0.15, -0.1) is 0 Å². The van der Waals surface area contributed by atoms with E-state index in [1.165, 1.54) is 0 Å². The van der Waals surface area contributed by atoms with Crippen LogP contribution in [0.1, 0.15) is 32.9 Å². The number of carbonyl (C=O) groups excluding carboxylic acids is 1. The van der Waals surface area contributed by atoms with E-state index in [-0.39, 0.29) is 12.7 Å². The molecule has 23 heavy (non-hydrogen) atoms. The van der Waals surface area contributed by atoms with Gasteiger partial charge in [-0.05, 0) is 48.8 Å². The Morgan fingerprint density at radius 1 is 1.43 bits per heavy atom. The predicted octanol–water partition coefficient (Wildman–Crippen LogP) is 2.44. The molecule has 6 nitrogen and oxygen atoms in total. The zero-order valence-corrected chi connectivity index (χ0v) is 15.1. The van der Waals surface area contributed by atoms with Crippen LogP contribution in [0, 0.1) is 0 Å². The second-order valence-electron chi connectivity index (χ2n) is 7.38. The minimum Gasteiger partial charge on any atom is -0.444 e. The highest BCUT2D eigenvalue weighted by atomic mass is 79.9. The van der Waals surface area contributed by atoms with Crippen molar-refractivity contribution in [1.82, 2.24) is 9.88 Å². The van der Waals surface area contributed by atoms with Gasteiger partial charge >= 0.3 is 6.09 Å². The monoisotopic (exact) mass is 384 g/mol. The highest BCUT2D eigenvalue weighted by Crippen LogP contribution is 2.44. The minimum absolute atomic E-state index is 0.184. The average Bonchev–Trinajstić information content (AvgIpc) is 2.75. The molecule has 1 aromatic rings. The summed E-state index contributed by atoms with van der Waals surface area (Å²) < 4.78 is 12.0. The van der Waals surface area contributed by atoms with Crippen LogP contribution < -0.4 is 0 Å². The van der Waals surface area contributed by atoms with Gasteiger partial charge in [0.1, 0.15) is 16.8 Å². The number of nitrogens with zero attached hydrogens (tertiary/aromatic N) is 2. The Hall–Kier alpha value is -1.18. The first-order valence-electron chi connectivity index (χ1n) is 7.57. The lowest BCUT2D eigenvalue weighted by Crippen LogP contribution is -2.64. The first-order chi connectivity index (χ1) is 10.6. The molecule has 126 valence electrons. The molecular formula is C16H21BrN2O4. The number of ether oxygens (including phenoxy) is 2. The highest BCUT2D eigenvalue weighted by Gasteiger charge is 2.57. The van der Waals surface area contributed by atoms with E-state index in [0.29, 0.717) is 25.2 Å². The summed E-state index contributed by atoms with van der Waals surface area (Å²) in [5.74, 6) is 0. The van der Waals surface area contributed by atoms with Crippen molar-refractivity contribution in [1.29, 1.82) is 0 Å². The average molecular weight is 385 g/mol. The molecule has 0 saturated carbocycles. The summed E-state index contributed by atoms with van der Waals surface area (Å²) in [5, 5.41) is 10.8. The van der Waals surface area contributed by atoms with Crippen molar-refractivity contribution in [3.63, 3.8) is 0 Å². The zero-order valence-electron chi connectivity index (χ0n) is 13.5. The van der Waals surface area contributed by atoms with Gasteiger partial charge in [-0.1, -0.05) is 0 Å². The Bertz CT molecular complexity index is 608. The molecule has 0 radical (unpaired) electrons. The van der Waals surface area contributed by atoms with Crippen molar-refractivity contribution in [2.45, 2.75) is 44.0 Å². The molecule has 0 aliphatic carbocycles. The number of aromatic nitrogens is 1. The van der Waals surface area contributed by atoms with Crippen LogP contribution in [0.2, 0.25) is 0 Å². The van der Waals surface area contributed by atoms with Gasteiger partial charge in [0.25, 0.3) is 0 Å². The van der Waals surface area contributed by atoms with Gasteiger partial charge in [0.05, 0.1) is 25.4 Å². The number of likely N-dealkylation sites (tertiary alicyclic amines) is 1. The molecule has 1 amide bonds. The lowest BCUT2D eigenvalue weighted by molar-refractivity contribution is -0.109. The first kappa shape index (κ1) is 16.7. The molecule has 2 saturated heterocycles. The summed E-state index contributed by atoms with van der Waals surface area (Å²) in [7, 11) is 0. The maximum atomic E-state index is 12.0. The van der Waals surface area contributed by atoms with E-state index in [2.05, 4.69) is 20.9 Å². The number of pyridine rings is 1. The smallest absolute Gasteiger partial charge is 0.410 e. The third-order valence-electron chi connectivity index (χ3n) is 4.05. The number of carbonyl (C=O) groups is 1. The molecule has 7 heteroatoms. The molecule has 1 atom stereocenters. The third kappa shape index (κ3) is 3.36. The summed E-state index contributed by atoms with van der Waals surface area (Å²) in [6.07, 6.45) is 1.74. The van der Waals surface area contributed by atoms with Crippen LogP contribution in [-0.4, -0.2) is 52.0 Å². The van der Waals surface area contributed by atoms with Crippen LogP contribution in [0.5, 0.6) is 0 Å². The lowest BCUT2D eigenvalue weighted by Gasteiger charge is -2.47. The van der Waals surface area contributed by atoms with Crippen molar-refractivity contribution in [2.24, 2.45) is 0 Å². The second kappa shape index (κ2) is 5.43. The number of amides is 1. The van der Waals surface area contributed by atoms with E-state index >= 15 is 0 Å². The molecule has 1 N–H and O–H groups in total. The lowest BCUT2D eigenvalue weighted by atomic mass is 9.83. The Balaban J connectivity index is 1.63. The number of halogens is 1. The highest BCUT2D eigenvalue weighted by molar-refractivity contribution is 9.10. The fraction of sp³-hybridized carbons (Fsp3) is 0.625. The van der Waals surface area contributed by atoms with Crippen LogP contribution in [0.25, 0.3) is 0 Å². The third-order valence-corrected chi connectivity index (χ3v) is 4.51. The van der Waals surface area contributed by atoms with Gasteiger partial charge in [-0.25, -0.2) is 4.79 Å². The fourth-order valence-corrected chi connectivity index (χ4v) is 3.27.